The van der Waals surface area contributed by atoms with Crippen LogP contribution < -0.4 is 59.2 Å². The van der Waals surface area contributed by atoms with Gasteiger partial charge in [-0.05, 0) is 233 Å². The quantitative estimate of drug-likeness (QED) is 0.0162. The van der Waals surface area contributed by atoms with E-state index in [2.05, 4.69) is 67.2 Å². The van der Waals surface area contributed by atoms with Crippen molar-refractivity contribution in [1.82, 2.24) is 19.9 Å². The Balaban J connectivity index is 0.000000155. The van der Waals surface area contributed by atoms with Gasteiger partial charge in [-0.1, -0.05) is 93.9 Å². The zero-order chi connectivity index (χ0) is 98.7. The van der Waals surface area contributed by atoms with E-state index in [9.17, 15) is 19.2 Å². The Bertz CT molecular complexity index is 6670. The van der Waals surface area contributed by atoms with E-state index in [1.165, 1.54) is 0 Å². The molecule has 0 aliphatic rings. The summed E-state index contributed by atoms with van der Waals surface area (Å²) in [5, 5.41) is 56.0. The maximum atomic E-state index is 14.1. The Morgan fingerprint density at radius 1 is 0.268 bits per heavy atom. The first-order valence-electron chi connectivity index (χ1n) is 44.7. The number of hydrogen-bond acceptors (Lipinski definition) is 20. The topological polar surface area (TPSA) is 334 Å². The fourth-order valence-electron chi connectivity index (χ4n) is 16.4. The van der Waals surface area contributed by atoms with Crippen LogP contribution in [0.3, 0.4) is 0 Å². The number of aromatic nitrogens is 4. The van der Waals surface area contributed by atoms with E-state index >= 15 is 0 Å². The van der Waals surface area contributed by atoms with Crippen LogP contribution in [0.15, 0.2) is 231 Å². The van der Waals surface area contributed by atoms with Gasteiger partial charge in [0.05, 0.1) is 54.9 Å². The van der Waals surface area contributed by atoms with Gasteiger partial charge in [-0.25, -0.2) is 0 Å². The minimum Gasteiger partial charge on any atom is -0.497 e. The Kier molecular flexibility index (Phi) is 34.4. The molecule has 0 fully saturated rings. The molecular formula is C110H112Cl4N8O16. The number of anilines is 4. The Labute approximate surface area is 821 Å². The number of rotatable bonds is 36. The first-order valence-corrected chi connectivity index (χ1v) is 46.2. The van der Waals surface area contributed by atoms with Gasteiger partial charge < -0.3 is 99.5 Å². The minimum atomic E-state index is -0.689. The van der Waals surface area contributed by atoms with Crippen molar-refractivity contribution >= 4 is 136 Å². The van der Waals surface area contributed by atoms with Crippen LogP contribution in [0.4, 0.5) is 22.7 Å². The largest absolute Gasteiger partial charge is 0.497 e. The number of benzene rings is 12. The van der Waals surface area contributed by atoms with Gasteiger partial charge in [0, 0.05) is 206 Å². The van der Waals surface area contributed by atoms with Crippen LogP contribution >= 0.6 is 46.4 Å². The van der Waals surface area contributed by atoms with Crippen LogP contribution in [-0.4, -0.2) is 145 Å². The zero-order valence-corrected chi connectivity index (χ0v) is 82.1. The second-order valence-electron chi connectivity index (χ2n) is 33.5. The fraction of sp³-hybridized carbons (Fsp3) is 0.236. The van der Waals surface area contributed by atoms with Crippen molar-refractivity contribution in [2.24, 2.45) is 0 Å². The molecule has 0 radical (unpaired) electrons. The van der Waals surface area contributed by atoms with Crippen molar-refractivity contribution in [1.29, 1.82) is 0 Å². The number of aliphatic hydroxyl groups excluding tert-OH is 4. The molecule has 4 heterocycles. The third-order valence-electron chi connectivity index (χ3n) is 23.7. The zero-order valence-electron chi connectivity index (χ0n) is 79.1. The molecule has 0 aliphatic carbocycles. The molecule has 4 aromatic heterocycles. The highest BCUT2D eigenvalue weighted by Crippen LogP contribution is 2.42. The van der Waals surface area contributed by atoms with Gasteiger partial charge in [0.1, 0.15) is 96.6 Å². The lowest BCUT2D eigenvalue weighted by atomic mass is 9.93. The number of carbonyl (C=O) groups excluding carboxylic acids is 4. The highest BCUT2D eigenvalue weighted by Gasteiger charge is 2.33. The summed E-state index contributed by atoms with van der Waals surface area (Å²) in [7, 11) is 6.26. The third kappa shape index (κ3) is 24.9. The summed E-state index contributed by atoms with van der Waals surface area (Å²) in [6, 6.07) is 60.8. The van der Waals surface area contributed by atoms with Gasteiger partial charge in [0.25, 0.3) is 0 Å². The monoisotopic (exact) mass is 1940 g/mol. The molecule has 12 aromatic carbocycles. The van der Waals surface area contributed by atoms with Crippen molar-refractivity contribution in [3.05, 3.63) is 351 Å². The number of ether oxygens (including phenoxy) is 8. The van der Waals surface area contributed by atoms with Crippen LogP contribution in [0.25, 0.3) is 43.6 Å². The predicted molar refractivity (Wildman–Crippen MR) is 551 cm³/mol. The second kappa shape index (κ2) is 46.8. The summed E-state index contributed by atoms with van der Waals surface area (Å²) in [5.41, 5.74) is 22.2. The first-order chi connectivity index (χ1) is 66.4. The van der Waals surface area contributed by atoms with Crippen LogP contribution in [0.2, 0.25) is 20.1 Å². The fourth-order valence-corrected chi connectivity index (χ4v) is 17.3. The molecule has 0 bridgehead atoms. The van der Waals surface area contributed by atoms with E-state index in [4.69, 9.17) is 105 Å². The average molecular weight is 1940 g/mol. The number of nitrogens with one attached hydrogen (secondary N) is 8. The maximum Gasteiger partial charge on any atom is 0.191 e. The number of fused-ring (bicyclic) bond motifs is 4. The number of ketones is 4. The molecule has 16 rings (SSSR count). The highest BCUT2D eigenvalue weighted by molar-refractivity contribution is 6.32. The van der Waals surface area contributed by atoms with Crippen LogP contribution in [0, 0.1) is 69.2 Å². The number of aliphatic hydroxyl groups is 4. The summed E-state index contributed by atoms with van der Waals surface area (Å²) in [4.78, 5) is 69.0. The Morgan fingerprint density at radius 2 is 0.493 bits per heavy atom. The lowest BCUT2D eigenvalue weighted by Crippen LogP contribution is -2.22. The summed E-state index contributed by atoms with van der Waals surface area (Å²) in [5.74, 6) is 4.06. The molecule has 4 atom stereocenters. The Morgan fingerprint density at radius 3 is 0.725 bits per heavy atom. The van der Waals surface area contributed by atoms with E-state index < -0.39 is 24.2 Å². The van der Waals surface area contributed by atoms with Gasteiger partial charge in [-0.15, -0.1) is 0 Å². The van der Waals surface area contributed by atoms with Crippen molar-refractivity contribution in [2.75, 3.05) is 103 Å². The van der Waals surface area contributed by atoms with Crippen molar-refractivity contribution < 1.29 is 77.5 Å². The molecule has 0 amide bonds. The Hall–Kier alpha value is -13.9. The van der Waals surface area contributed by atoms with Gasteiger partial charge in [0.15, 0.2) is 23.1 Å². The van der Waals surface area contributed by atoms with Crippen LogP contribution in [0.5, 0.6) is 46.0 Å². The molecular weight excluding hydrogens is 1830 g/mol. The standard InChI is InChI=1S/2C28H29ClN2O4.2C27H27ClN2O4/c2*1-16-10-24-25(15-30-26(24)11-17(16)2)28(33)27(23-6-5-19(29)9-18(23)3)31-20-12-21(34-4)14-22(13-20)35-8-7-32;2*1-16-4-7-25-23(10-16)24(15-29-25)27(32)26(22-6-5-18(28)11-17(22)2)30-19-12-20(33-3)14-21(13-19)34-9-8-31/h2*5-6,9-15,27,30-32H,7-8H2,1-4H3;2*4-7,10-15,26,29-31H,8-9H2,1-3H3. The molecule has 16 aromatic rings. The third-order valence-corrected chi connectivity index (χ3v) is 24.6. The van der Waals surface area contributed by atoms with Gasteiger partial charge in [-0.2, -0.15) is 0 Å². The van der Waals surface area contributed by atoms with Gasteiger partial charge in [-0.3, -0.25) is 19.2 Å². The lowest BCUT2D eigenvalue weighted by molar-refractivity contribution is 0.0963. The molecule has 0 saturated carbocycles. The van der Waals surface area contributed by atoms with Crippen molar-refractivity contribution in [3.8, 4) is 46.0 Å². The molecule has 0 saturated heterocycles. The first kappa shape index (κ1) is 102. The average Bonchev–Trinajstić information content (AvgIpc) is 1.62. The summed E-state index contributed by atoms with van der Waals surface area (Å²) in [6.45, 7) is 20.1. The predicted octanol–water partition coefficient (Wildman–Crippen LogP) is 24.0. The van der Waals surface area contributed by atoms with Crippen molar-refractivity contribution in [3.63, 3.8) is 0 Å². The SMILES string of the molecule is COc1cc(NC(C(=O)c2c[nH]c3cc(C)c(C)cc23)c2ccc(Cl)cc2C)cc(OCCO)c1.COc1cc(NC(C(=O)c2c[nH]c3cc(C)c(C)cc23)c2ccc(Cl)cc2C)cc(OCCO)c1.COc1cc(NC(C(=O)c2c[nH]c3ccc(C)cc23)c2ccc(Cl)cc2C)cc(OCCO)c1.COc1cc(NC(C(=O)c2c[nH]c3ccc(C)cc23)c2ccc(Cl)cc2C)cc(OCCO)c1. The minimum absolute atomic E-state index is 0.0782. The summed E-state index contributed by atoms with van der Waals surface area (Å²) in [6.07, 6.45) is 7.06. The van der Waals surface area contributed by atoms with Gasteiger partial charge in [0.2, 0.25) is 0 Å². The molecule has 4 unspecified atom stereocenters. The van der Waals surface area contributed by atoms with E-state index in [1.54, 1.807) is 150 Å². The van der Waals surface area contributed by atoms with E-state index in [-0.39, 0.29) is 76.0 Å². The van der Waals surface area contributed by atoms with E-state index in [1.807, 2.05) is 152 Å². The number of methoxy groups -OCH3 is 4. The second-order valence-corrected chi connectivity index (χ2v) is 35.3. The molecule has 0 aliphatic heterocycles. The number of H-pyrrole nitrogens is 4. The number of aryl methyl sites for hydroxylation is 10. The van der Waals surface area contributed by atoms with Crippen LogP contribution in [-0.2, 0) is 0 Å². The number of carbonyl (C=O) groups is 4. The van der Waals surface area contributed by atoms with E-state index in [0.717, 1.165) is 122 Å². The maximum absolute atomic E-state index is 14.1. The molecule has 24 nitrogen and oxygen atoms in total. The number of Topliss-reactive ketones (excluding diaryl/α,β-unsaturated/α-hetero) is 4. The van der Waals surface area contributed by atoms with Crippen molar-refractivity contribution in [2.45, 2.75) is 93.4 Å². The smallest absolute Gasteiger partial charge is 0.191 e. The van der Waals surface area contributed by atoms with E-state index in [0.29, 0.717) is 111 Å². The molecule has 12 N–H and O–H groups in total. The normalized spacial score (nSPS) is 11.9. The number of hydrogen-bond donors (Lipinski definition) is 12. The summed E-state index contributed by atoms with van der Waals surface area (Å²) >= 11 is 24.8. The molecule has 28 heteroatoms. The number of aromatic amines is 4. The van der Waals surface area contributed by atoms with Gasteiger partial charge >= 0.3 is 0 Å². The highest BCUT2D eigenvalue weighted by atomic mass is 35.5. The molecule has 0 spiro atoms. The van der Waals surface area contributed by atoms with Crippen LogP contribution in [0.1, 0.15) is 143 Å². The summed E-state index contributed by atoms with van der Waals surface area (Å²) < 4.78 is 44.1. The lowest BCUT2D eigenvalue weighted by Gasteiger charge is -2.22. The number of halogens is 4. The molecule has 716 valence electrons. The molecule has 138 heavy (non-hydrogen) atoms.